The van der Waals surface area contributed by atoms with E-state index in [0.717, 1.165) is 17.0 Å². The Morgan fingerprint density at radius 3 is 2.61 bits per heavy atom. The van der Waals surface area contributed by atoms with Gasteiger partial charge < -0.3 is 9.64 Å². The Morgan fingerprint density at radius 2 is 2.00 bits per heavy atom. The summed E-state index contributed by atoms with van der Waals surface area (Å²) in [7, 11) is 1.82. The van der Waals surface area contributed by atoms with Crippen molar-refractivity contribution in [2.24, 2.45) is 11.3 Å². The van der Waals surface area contributed by atoms with Gasteiger partial charge in [-0.2, -0.15) is 0 Å². The van der Waals surface area contributed by atoms with Crippen molar-refractivity contribution in [2.45, 2.75) is 27.7 Å². The van der Waals surface area contributed by atoms with Crippen molar-refractivity contribution in [1.82, 2.24) is 0 Å². The summed E-state index contributed by atoms with van der Waals surface area (Å²) in [5, 5.41) is 0. The number of aryl methyl sites for hydroxylation is 1. The number of benzene rings is 1. The van der Waals surface area contributed by atoms with Crippen LogP contribution in [0.5, 0.6) is 5.75 Å². The van der Waals surface area contributed by atoms with E-state index in [9.17, 15) is 4.79 Å². The molecule has 0 aliphatic carbocycles. The first-order valence-electron chi connectivity index (χ1n) is 6.31. The number of hydrogen-bond donors (Lipinski definition) is 0. The number of amides is 1. The average Bonchev–Trinajstić information content (AvgIpc) is 2.37. The van der Waals surface area contributed by atoms with Gasteiger partial charge in [0.25, 0.3) is 0 Å². The first-order chi connectivity index (χ1) is 8.30. The van der Waals surface area contributed by atoms with E-state index in [2.05, 4.69) is 20.8 Å². The molecule has 0 fully saturated rings. The van der Waals surface area contributed by atoms with Crippen LogP contribution in [-0.2, 0) is 4.79 Å². The largest absolute Gasteiger partial charge is 0.491 e. The van der Waals surface area contributed by atoms with Crippen molar-refractivity contribution >= 4 is 11.6 Å². The van der Waals surface area contributed by atoms with Crippen molar-refractivity contribution in [1.29, 1.82) is 0 Å². The maximum absolute atomic E-state index is 12.5. The lowest BCUT2D eigenvalue weighted by Gasteiger charge is -2.29. The van der Waals surface area contributed by atoms with Gasteiger partial charge in [0.15, 0.2) is 0 Å². The lowest BCUT2D eigenvalue weighted by atomic mass is 9.80. The number of hydrogen-bond acceptors (Lipinski definition) is 2. The summed E-state index contributed by atoms with van der Waals surface area (Å²) in [4.78, 5) is 14.2. The van der Waals surface area contributed by atoms with Crippen LogP contribution in [0, 0.1) is 18.3 Å². The molecule has 1 atom stereocenters. The Balaban J connectivity index is 2.42. The third-order valence-electron chi connectivity index (χ3n) is 3.56. The molecule has 1 heterocycles. The van der Waals surface area contributed by atoms with Crippen molar-refractivity contribution < 1.29 is 9.53 Å². The van der Waals surface area contributed by atoms with Crippen LogP contribution in [0.4, 0.5) is 5.69 Å². The highest BCUT2D eigenvalue weighted by atomic mass is 16.5. The molecule has 1 amide bonds. The number of anilines is 1. The van der Waals surface area contributed by atoms with E-state index in [1.54, 1.807) is 4.90 Å². The molecule has 0 saturated heterocycles. The molecule has 1 aliphatic heterocycles. The molecule has 0 spiro atoms. The minimum absolute atomic E-state index is 0.0948. The van der Waals surface area contributed by atoms with Crippen molar-refractivity contribution in [3.8, 4) is 5.75 Å². The maximum Gasteiger partial charge on any atom is 0.233 e. The van der Waals surface area contributed by atoms with E-state index in [4.69, 9.17) is 4.74 Å². The second-order valence-electron chi connectivity index (χ2n) is 6.10. The van der Waals surface area contributed by atoms with Gasteiger partial charge in [0.2, 0.25) is 5.91 Å². The maximum atomic E-state index is 12.5. The molecule has 3 heteroatoms. The normalized spacial score (nSPS) is 20.2. The van der Waals surface area contributed by atoms with Crippen LogP contribution in [0.3, 0.4) is 0 Å². The highest BCUT2D eigenvalue weighted by molar-refractivity contribution is 5.97. The van der Waals surface area contributed by atoms with Crippen molar-refractivity contribution in [2.75, 3.05) is 18.6 Å². The Hall–Kier alpha value is -1.51. The number of rotatable bonds is 0. The fourth-order valence-electron chi connectivity index (χ4n) is 2.23. The highest BCUT2D eigenvalue weighted by Crippen LogP contribution is 2.37. The van der Waals surface area contributed by atoms with E-state index in [1.165, 1.54) is 0 Å². The second-order valence-corrected chi connectivity index (χ2v) is 6.10. The Labute approximate surface area is 109 Å². The Kier molecular flexibility index (Phi) is 3.09. The van der Waals surface area contributed by atoms with Crippen LogP contribution in [0.1, 0.15) is 26.3 Å². The monoisotopic (exact) mass is 247 g/mol. The van der Waals surface area contributed by atoms with E-state index < -0.39 is 0 Å². The summed E-state index contributed by atoms with van der Waals surface area (Å²) in [6.45, 7) is 8.71. The molecular weight excluding hydrogens is 226 g/mol. The SMILES string of the molecule is Cc1ccc2c(c1)OC[C@H](C(C)(C)C)C(=O)N2C. The van der Waals surface area contributed by atoms with Crippen LogP contribution in [0.2, 0.25) is 0 Å². The predicted octanol–water partition coefficient (Wildman–Crippen LogP) is 3.01. The molecular formula is C15H21NO2. The number of ether oxygens (including phenoxy) is 1. The Bertz CT molecular complexity index is 474. The van der Waals surface area contributed by atoms with Crippen LogP contribution < -0.4 is 9.64 Å². The summed E-state index contributed by atoms with van der Waals surface area (Å²) in [5.74, 6) is 0.818. The highest BCUT2D eigenvalue weighted by Gasteiger charge is 2.37. The van der Waals surface area contributed by atoms with Crippen molar-refractivity contribution in [3.05, 3.63) is 23.8 Å². The molecule has 0 saturated carbocycles. The smallest absolute Gasteiger partial charge is 0.233 e. The molecule has 1 aliphatic rings. The third kappa shape index (κ3) is 2.22. The molecule has 0 bridgehead atoms. The van der Waals surface area contributed by atoms with Crippen LogP contribution >= 0.6 is 0 Å². The van der Waals surface area contributed by atoms with Crippen LogP contribution in [-0.4, -0.2) is 19.6 Å². The first kappa shape index (κ1) is 12.9. The zero-order valence-electron chi connectivity index (χ0n) is 11.8. The summed E-state index contributed by atoms with van der Waals surface area (Å²) in [5.41, 5.74) is 1.91. The third-order valence-corrected chi connectivity index (χ3v) is 3.56. The standard InChI is InChI=1S/C15H21NO2/c1-10-6-7-12-13(8-10)18-9-11(15(2,3)4)14(17)16(12)5/h6-8,11H,9H2,1-5H3/t11-/m0/s1. The van der Waals surface area contributed by atoms with Gasteiger partial charge in [-0.25, -0.2) is 0 Å². The lowest BCUT2D eigenvalue weighted by Crippen LogP contribution is -2.40. The fraction of sp³-hybridized carbons (Fsp3) is 0.533. The zero-order valence-corrected chi connectivity index (χ0v) is 11.8. The summed E-state index contributed by atoms with van der Waals surface area (Å²) < 4.78 is 5.85. The van der Waals surface area contributed by atoms with Gasteiger partial charge in [0.05, 0.1) is 11.6 Å². The quantitative estimate of drug-likeness (QED) is 0.705. The van der Waals surface area contributed by atoms with Crippen molar-refractivity contribution in [3.63, 3.8) is 0 Å². The fourth-order valence-corrected chi connectivity index (χ4v) is 2.23. The van der Waals surface area contributed by atoms with E-state index in [-0.39, 0.29) is 17.2 Å². The van der Waals surface area contributed by atoms with Gasteiger partial charge in [0, 0.05) is 7.05 Å². The molecule has 0 radical (unpaired) electrons. The van der Waals surface area contributed by atoms with Crippen LogP contribution in [0.25, 0.3) is 0 Å². The lowest BCUT2D eigenvalue weighted by molar-refractivity contribution is -0.126. The predicted molar refractivity (Wildman–Crippen MR) is 73.0 cm³/mol. The minimum atomic E-state index is -0.116. The van der Waals surface area contributed by atoms with Gasteiger partial charge in [-0.3, -0.25) is 4.79 Å². The topological polar surface area (TPSA) is 29.5 Å². The van der Waals surface area contributed by atoms with Crippen LogP contribution in [0.15, 0.2) is 18.2 Å². The number of nitrogens with zero attached hydrogens (tertiary/aromatic N) is 1. The van der Waals surface area contributed by atoms with E-state index in [1.807, 2.05) is 32.2 Å². The number of carbonyl (C=O) groups excluding carboxylic acids is 1. The molecule has 1 aromatic rings. The summed E-state index contributed by atoms with van der Waals surface area (Å²) in [6.07, 6.45) is 0. The second kappa shape index (κ2) is 4.30. The molecule has 98 valence electrons. The summed E-state index contributed by atoms with van der Waals surface area (Å²) >= 11 is 0. The number of carbonyl (C=O) groups is 1. The minimum Gasteiger partial charge on any atom is -0.491 e. The molecule has 3 nitrogen and oxygen atoms in total. The molecule has 0 unspecified atom stereocenters. The average molecular weight is 247 g/mol. The van der Waals surface area contributed by atoms with Gasteiger partial charge in [-0.1, -0.05) is 26.8 Å². The van der Waals surface area contributed by atoms with Gasteiger partial charge >= 0.3 is 0 Å². The number of fused-ring (bicyclic) bond motifs is 1. The molecule has 1 aromatic carbocycles. The van der Waals surface area contributed by atoms with E-state index >= 15 is 0 Å². The molecule has 0 N–H and O–H groups in total. The van der Waals surface area contributed by atoms with Gasteiger partial charge in [0.1, 0.15) is 12.4 Å². The Morgan fingerprint density at radius 1 is 1.33 bits per heavy atom. The summed E-state index contributed by atoms with van der Waals surface area (Å²) in [6, 6.07) is 5.95. The van der Waals surface area contributed by atoms with E-state index in [0.29, 0.717) is 6.61 Å². The van der Waals surface area contributed by atoms with Gasteiger partial charge in [-0.05, 0) is 30.0 Å². The molecule has 0 aromatic heterocycles. The molecule has 2 rings (SSSR count). The van der Waals surface area contributed by atoms with Gasteiger partial charge in [-0.15, -0.1) is 0 Å². The first-order valence-corrected chi connectivity index (χ1v) is 6.31. The molecule has 18 heavy (non-hydrogen) atoms. The zero-order chi connectivity index (χ0) is 13.5.